The molecule has 1 aliphatic heterocycles. The molecule has 0 saturated carbocycles. The molecule has 2 aromatic heterocycles. The molecule has 0 aliphatic carbocycles. The molecule has 1 aromatic carbocycles. The highest BCUT2D eigenvalue weighted by molar-refractivity contribution is 7.89. The number of H-pyrrole nitrogens is 1. The maximum atomic E-state index is 12.9. The third-order valence-electron chi connectivity index (χ3n) is 4.24. The summed E-state index contributed by atoms with van der Waals surface area (Å²) in [6, 6.07) is 10.5. The van der Waals surface area contributed by atoms with E-state index in [1.807, 2.05) is 18.2 Å². The molecule has 0 unspecified atom stereocenters. The van der Waals surface area contributed by atoms with Crippen molar-refractivity contribution in [1.29, 1.82) is 0 Å². The third-order valence-corrected chi connectivity index (χ3v) is 6.98. The van der Waals surface area contributed by atoms with Crippen molar-refractivity contribution >= 4 is 37.4 Å². The van der Waals surface area contributed by atoms with Crippen LogP contribution in [0.3, 0.4) is 0 Å². The van der Waals surface area contributed by atoms with Crippen LogP contribution in [0.2, 0.25) is 0 Å². The van der Waals surface area contributed by atoms with Gasteiger partial charge in [0.15, 0.2) is 0 Å². The van der Waals surface area contributed by atoms with Crippen LogP contribution in [0.1, 0.15) is 0 Å². The van der Waals surface area contributed by atoms with Crippen LogP contribution in [0.25, 0.3) is 10.2 Å². The van der Waals surface area contributed by atoms with E-state index in [2.05, 4.69) is 14.9 Å². The lowest BCUT2D eigenvalue weighted by atomic mass is 10.3. The second-order valence-corrected chi connectivity index (χ2v) is 8.70. The molecule has 0 amide bonds. The summed E-state index contributed by atoms with van der Waals surface area (Å²) in [5.41, 5.74) is 0.661. The minimum atomic E-state index is -3.57. The third kappa shape index (κ3) is 3.06. The van der Waals surface area contributed by atoms with Gasteiger partial charge >= 0.3 is 4.87 Å². The first-order chi connectivity index (χ1) is 12.0. The summed E-state index contributed by atoms with van der Waals surface area (Å²) in [7, 11) is -3.57. The highest BCUT2D eigenvalue weighted by Gasteiger charge is 2.29. The number of aromatic nitrogens is 2. The van der Waals surface area contributed by atoms with Crippen LogP contribution in [0, 0.1) is 0 Å². The van der Waals surface area contributed by atoms with E-state index in [-0.39, 0.29) is 9.77 Å². The summed E-state index contributed by atoms with van der Waals surface area (Å²) in [6.07, 6.45) is 1.73. The molecular weight excluding hydrogens is 360 g/mol. The molecule has 0 spiro atoms. The van der Waals surface area contributed by atoms with Gasteiger partial charge in [-0.1, -0.05) is 17.4 Å². The van der Waals surface area contributed by atoms with Gasteiger partial charge in [0.2, 0.25) is 10.0 Å². The minimum absolute atomic E-state index is 0.187. The van der Waals surface area contributed by atoms with Crippen molar-refractivity contribution in [1.82, 2.24) is 14.3 Å². The number of nitrogens with zero attached hydrogens (tertiary/aromatic N) is 3. The van der Waals surface area contributed by atoms with Crippen LogP contribution >= 0.6 is 11.3 Å². The Bertz CT molecular complexity index is 1050. The van der Waals surface area contributed by atoms with E-state index in [1.165, 1.54) is 4.31 Å². The number of hydrogen-bond acceptors (Lipinski definition) is 6. The number of thiazole rings is 1. The molecule has 3 aromatic rings. The highest BCUT2D eigenvalue weighted by Crippen LogP contribution is 2.24. The molecule has 0 bridgehead atoms. The van der Waals surface area contributed by atoms with Crippen LogP contribution in [-0.4, -0.2) is 48.9 Å². The fourth-order valence-corrected chi connectivity index (χ4v) is 5.23. The van der Waals surface area contributed by atoms with Crippen molar-refractivity contribution in [3.8, 4) is 0 Å². The van der Waals surface area contributed by atoms with Gasteiger partial charge in [-0.15, -0.1) is 0 Å². The lowest BCUT2D eigenvalue weighted by Gasteiger charge is -2.34. The molecule has 4 rings (SSSR count). The average molecular weight is 376 g/mol. The topological polar surface area (TPSA) is 86.4 Å². The molecule has 1 aliphatic rings. The van der Waals surface area contributed by atoms with Gasteiger partial charge in [0.25, 0.3) is 0 Å². The molecule has 1 N–H and O–H groups in total. The van der Waals surface area contributed by atoms with E-state index in [0.29, 0.717) is 36.4 Å². The van der Waals surface area contributed by atoms with Crippen molar-refractivity contribution in [2.45, 2.75) is 4.90 Å². The number of anilines is 1. The fourth-order valence-electron chi connectivity index (χ4n) is 2.93. The van der Waals surface area contributed by atoms with Gasteiger partial charge in [0.1, 0.15) is 5.82 Å². The maximum Gasteiger partial charge on any atom is 0.305 e. The number of rotatable bonds is 3. The lowest BCUT2D eigenvalue weighted by molar-refractivity contribution is 0.384. The zero-order valence-corrected chi connectivity index (χ0v) is 14.9. The second-order valence-electron chi connectivity index (χ2n) is 5.75. The average Bonchev–Trinajstić information content (AvgIpc) is 3.02. The number of hydrogen-bond donors (Lipinski definition) is 1. The predicted molar refractivity (Wildman–Crippen MR) is 97.7 cm³/mol. The Morgan fingerprint density at radius 2 is 1.88 bits per heavy atom. The molecule has 130 valence electrons. The van der Waals surface area contributed by atoms with Gasteiger partial charge in [-0.25, -0.2) is 13.4 Å². The van der Waals surface area contributed by atoms with Crippen molar-refractivity contribution in [3.05, 3.63) is 52.3 Å². The number of aromatic amines is 1. The Kier molecular flexibility index (Phi) is 4.06. The van der Waals surface area contributed by atoms with E-state index >= 15 is 0 Å². The smallest absolute Gasteiger partial charge is 0.305 e. The van der Waals surface area contributed by atoms with E-state index < -0.39 is 10.0 Å². The van der Waals surface area contributed by atoms with Crippen molar-refractivity contribution in [2.75, 3.05) is 31.1 Å². The molecule has 7 nitrogen and oxygen atoms in total. The Hall–Kier alpha value is -2.23. The van der Waals surface area contributed by atoms with Gasteiger partial charge < -0.3 is 9.88 Å². The first-order valence-corrected chi connectivity index (χ1v) is 10.1. The van der Waals surface area contributed by atoms with Gasteiger partial charge in [-0.2, -0.15) is 4.31 Å². The van der Waals surface area contributed by atoms with Crippen LogP contribution in [0.15, 0.2) is 52.3 Å². The molecular formula is C16H16N4O3S2. The molecule has 0 radical (unpaired) electrons. The number of pyridine rings is 1. The zero-order chi connectivity index (χ0) is 17.4. The molecule has 1 saturated heterocycles. The lowest BCUT2D eigenvalue weighted by Crippen LogP contribution is -2.48. The van der Waals surface area contributed by atoms with Gasteiger partial charge in [-0.3, -0.25) is 4.79 Å². The molecule has 0 atom stereocenters. The summed E-state index contributed by atoms with van der Waals surface area (Å²) in [5.74, 6) is 0.859. The molecule has 1 fully saturated rings. The van der Waals surface area contributed by atoms with Crippen LogP contribution in [0.5, 0.6) is 0 Å². The Morgan fingerprint density at radius 3 is 2.60 bits per heavy atom. The van der Waals surface area contributed by atoms with Crippen molar-refractivity contribution < 1.29 is 8.42 Å². The number of fused-ring (bicyclic) bond motifs is 1. The van der Waals surface area contributed by atoms with Crippen LogP contribution in [-0.2, 0) is 10.0 Å². The number of sulfonamides is 1. The highest BCUT2D eigenvalue weighted by atomic mass is 32.2. The maximum absolute atomic E-state index is 12.9. The predicted octanol–water partition coefficient (Wildman–Crippen LogP) is 1.50. The van der Waals surface area contributed by atoms with Crippen molar-refractivity contribution in [2.24, 2.45) is 0 Å². The Balaban J connectivity index is 1.55. The standard InChI is InChI=1S/C16H16N4O3S2/c21-16-18-13-5-4-12(11-14(13)24-16)25(22,23)20-9-7-19(8-10-20)15-3-1-2-6-17-15/h1-6,11H,7-10H2,(H,18,21). The first-order valence-electron chi connectivity index (χ1n) is 7.83. The van der Waals surface area contributed by atoms with Crippen molar-refractivity contribution in [3.63, 3.8) is 0 Å². The Labute approximate surface area is 148 Å². The van der Waals surface area contributed by atoms with Crippen LogP contribution in [0.4, 0.5) is 5.82 Å². The molecule has 3 heterocycles. The summed E-state index contributed by atoms with van der Waals surface area (Å²) in [6.45, 7) is 1.99. The van der Waals surface area contributed by atoms with Crippen LogP contribution < -0.4 is 9.77 Å². The van der Waals surface area contributed by atoms with E-state index in [1.54, 1.807) is 24.4 Å². The molecule has 25 heavy (non-hydrogen) atoms. The number of benzene rings is 1. The van der Waals surface area contributed by atoms with E-state index in [4.69, 9.17) is 0 Å². The minimum Gasteiger partial charge on any atom is -0.354 e. The summed E-state index contributed by atoms with van der Waals surface area (Å²) in [4.78, 5) is 20.5. The number of nitrogens with one attached hydrogen (secondary N) is 1. The largest absolute Gasteiger partial charge is 0.354 e. The Morgan fingerprint density at radius 1 is 1.08 bits per heavy atom. The van der Waals surface area contributed by atoms with Gasteiger partial charge in [-0.05, 0) is 30.3 Å². The van der Waals surface area contributed by atoms with E-state index in [9.17, 15) is 13.2 Å². The second kappa shape index (κ2) is 6.25. The van der Waals surface area contributed by atoms with E-state index in [0.717, 1.165) is 17.2 Å². The zero-order valence-electron chi connectivity index (χ0n) is 13.3. The number of piperazine rings is 1. The summed E-state index contributed by atoms with van der Waals surface area (Å²) in [5, 5.41) is 0. The van der Waals surface area contributed by atoms with Gasteiger partial charge in [0, 0.05) is 32.4 Å². The fraction of sp³-hybridized carbons (Fsp3) is 0.250. The SMILES string of the molecule is O=c1[nH]c2ccc(S(=O)(=O)N3CCN(c4ccccn4)CC3)cc2s1. The monoisotopic (exact) mass is 376 g/mol. The van der Waals surface area contributed by atoms with Gasteiger partial charge in [0.05, 0.1) is 15.1 Å². The first kappa shape index (κ1) is 16.2. The molecule has 9 heteroatoms. The summed E-state index contributed by atoms with van der Waals surface area (Å²) >= 11 is 1.02. The quantitative estimate of drug-likeness (QED) is 0.749. The normalized spacial score (nSPS) is 16.4. The summed E-state index contributed by atoms with van der Waals surface area (Å²) < 4.78 is 27.9.